The minimum atomic E-state index is 1.06. The van der Waals surface area contributed by atoms with Crippen molar-refractivity contribution in [1.29, 1.82) is 0 Å². The van der Waals surface area contributed by atoms with Gasteiger partial charge >= 0.3 is 0 Å². The molecular weight excluding hydrogens is 334 g/mol. The SMILES string of the molecule is Cc1cc2c(c(C)c1C)c(C)c(C)c1c(C)c(Br)c(C)nc12. The molecule has 1 aromatic heterocycles. The fraction of sp³-hybridized carbons (Fsp3) is 0.350. The van der Waals surface area contributed by atoms with E-state index >= 15 is 0 Å². The molecule has 2 aromatic carbocycles. The van der Waals surface area contributed by atoms with E-state index in [0.29, 0.717) is 0 Å². The fourth-order valence-corrected chi connectivity index (χ4v) is 3.90. The van der Waals surface area contributed by atoms with E-state index in [9.17, 15) is 0 Å². The number of aromatic nitrogens is 1. The van der Waals surface area contributed by atoms with Gasteiger partial charge in [-0.2, -0.15) is 0 Å². The van der Waals surface area contributed by atoms with Gasteiger partial charge in [0.1, 0.15) is 0 Å². The number of halogens is 1. The van der Waals surface area contributed by atoms with Crippen molar-refractivity contribution in [2.24, 2.45) is 0 Å². The number of fused-ring (bicyclic) bond motifs is 3. The number of hydrogen-bond acceptors (Lipinski definition) is 1. The summed E-state index contributed by atoms with van der Waals surface area (Å²) in [5.74, 6) is 0. The van der Waals surface area contributed by atoms with E-state index < -0.39 is 0 Å². The number of hydrogen-bond donors (Lipinski definition) is 0. The van der Waals surface area contributed by atoms with Crippen LogP contribution in [0.4, 0.5) is 0 Å². The predicted octanol–water partition coefficient (Wildman–Crippen LogP) is 6.31. The lowest BCUT2D eigenvalue weighted by Gasteiger charge is -2.19. The molecular formula is C20H22BrN. The normalized spacial score (nSPS) is 11.6. The summed E-state index contributed by atoms with van der Waals surface area (Å²) in [6.07, 6.45) is 0. The maximum absolute atomic E-state index is 4.93. The second-order valence-electron chi connectivity index (χ2n) is 6.48. The third kappa shape index (κ3) is 1.93. The highest BCUT2D eigenvalue weighted by atomic mass is 79.9. The lowest BCUT2D eigenvalue weighted by Crippen LogP contribution is -1.99. The third-order valence-electron chi connectivity index (χ3n) is 5.27. The zero-order valence-electron chi connectivity index (χ0n) is 14.4. The Morgan fingerprint density at radius 1 is 0.727 bits per heavy atom. The molecule has 114 valence electrons. The quantitative estimate of drug-likeness (QED) is 0.430. The summed E-state index contributed by atoms with van der Waals surface area (Å²) in [4.78, 5) is 4.93. The monoisotopic (exact) mass is 355 g/mol. The molecule has 0 spiro atoms. The average Bonchev–Trinajstić information content (AvgIpc) is 2.47. The van der Waals surface area contributed by atoms with E-state index in [2.05, 4.69) is 70.5 Å². The Balaban J connectivity index is 2.74. The smallest absolute Gasteiger partial charge is 0.0790 e. The molecule has 0 unspecified atom stereocenters. The fourth-order valence-electron chi connectivity index (χ4n) is 3.61. The molecule has 0 aliphatic heterocycles. The van der Waals surface area contributed by atoms with Gasteiger partial charge in [-0.15, -0.1) is 0 Å². The van der Waals surface area contributed by atoms with Crippen LogP contribution in [0.25, 0.3) is 21.7 Å². The molecule has 0 saturated heterocycles. The number of aryl methyl sites for hydroxylation is 6. The number of benzene rings is 2. The Hall–Kier alpha value is -1.41. The van der Waals surface area contributed by atoms with Crippen LogP contribution in [0.2, 0.25) is 0 Å². The van der Waals surface area contributed by atoms with Crippen LogP contribution >= 0.6 is 15.9 Å². The van der Waals surface area contributed by atoms with Crippen molar-refractivity contribution in [2.45, 2.75) is 48.5 Å². The van der Waals surface area contributed by atoms with Crippen LogP contribution in [0, 0.1) is 48.5 Å². The first-order valence-electron chi connectivity index (χ1n) is 7.71. The van der Waals surface area contributed by atoms with Gasteiger partial charge in [-0.25, -0.2) is 0 Å². The first-order chi connectivity index (χ1) is 10.3. The van der Waals surface area contributed by atoms with Gasteiger partial charge in [0.2, 0.25) is 0 Å². The Morgan fingerprint density at radius 2 is 1.27 bits per heavy atom. The number of pyridine rings is 1. The largest absolute Gasteiger partial charge is 0.251 e. The van der Waals surface area contributed by atoms with Gasteiger partial charge in [0, 0.05) is 15.2 Å². The summed E-state index contributed by atoms with van der Waals surface area (Å²) in [6.45, 7) is 15.4. The molecule has 1 nitrogen and oxygen atoms in total. The van der Waals surface area contributed by atoms with Crippen LogP contribution < -0.4 is 0 Å². The summed E-state index contributed by atoms with van der Waals surface area (Å²) < 4.78 is 1.13. The Morgan fingerprint density at radius 3 is 1.91 bits per heavy atom. The highest BCUT2D eigenvalue weighted by Crippen LogP contribution is 2.38. The molecule has 3 aromatic rings. The van der Waals surface area contributed by atoms with Crippen molar-refractivity contribution in [2.75, 3.05) is 0 Å². The lowest BCUT2D eigenvalue weighted by molar-refractivity contribution is 1.20. The number of nitrogens with zero attached hydrogens (tertiary/aromatic N) is 1. The second-order valence-corrected chi connectivity index (χ2v) is 7.27. The van der Waals surface area contributed by atoms with Gasteiger partial charge in [-0.3, -0.25) is 4.98 Å². The van der Waals surface area contributed by atoms with E-state index in [1.54, 1.807) is 0 Å². The van der Waals surface area contributed by atoms with Crippen molar-refractivity contribution in [1.82, 2.24) is 4.98 Å². The van der Waals surface area contributed by atoms with E-state index in [0.717, 1.165) is 15.7 Å². The zero-order valence-corrected chi connectivity index (χ0v) is 16.0. The summed E-state index contributed by atoms with van der Waals surface area (Å²) in [7, 11) is 0. The first-order valence-corrected chi connectivity index (χ1v) is 8.51. The van der Waals surface area contributed by atoms with Gasteiger partial charge in [-0.05, 0) is 109 Å². The molecule has 2 heteroatoms. The molecule has 0 N–H and O–H groups in total. The van der Waals surface area contributed by atoms with E-state index in [-0.39, 0.29) is 0 Å². The zero-order chi connectivity index (χ0) is 16.3. The number of rotatable bonds is 0. The molecule has 0 saturated carbocycles. The van der Waals surface area contributed by atoms with Crippen molar-refractivity contribution < 1.29 is 0 Å². The molecule has 22 heavy (non-hydrogen) atoms. The molecule has 0 aliphatic rings. The van der Waals surface area contributed by atoms with Crippen LogP contribution in [0.3, 0.4) is 0 Å². The molecule has 0 radical (unpaired) electrons. The van der Waals surface area contributed by atoms with Gasteiger partial charge in [0.15, 0.2) is 0 Å². The maximum Gasteiger partial charge on any atom is 0.0790 e. The van der Waals surface area contributed by atoms with Crippen LogP contribution in [0.1, 0.15) is 39.1 Å². The highest BCUT2D eigenvalue weighted by molar-refractivity contribution is 9.10. The minimum absolute atomic E-state index is 1.06. The summed E-state index contributed by atoms with van der Waals surface area (Å²) in [5, 5.41) is 3.96. The Kier molecular flexibility index (Phi) is 3.56. The molecule has 1 heterocycles. The van der Waals surface area contributed by atoms with Gasteiger partial charge in [-0.1, -0.05) is 0 Å². The summed E-state index contributed by atoms with van der Waals surface area (Å²) in [5.41, 5.74) is 10.3. The molecule has 0 atom stereocenters. The Bertz CT molecular complexity index is 873. The predicted molar refractivity (Wildman–Crippen MR) is 100 cm³/mol. The van der Waals surface area contributed by atoms with Gasteiger partial charge in [0.25, 0.3) is 0 Å². The van der Waals surface area contributed by atoms with Gasteiger partial charge < -0.3 is 0 Å². The van der Waals surface area contributed by atoms with E-state index in [4.69, 9.17) is 4.98 Å². The van der Waals surface area contributed by atoms with Crippen molar-refractivity contribution >= 4 is 37.6 Å². The summed E-state index contributed by atoms with van der Waals surface area (Å²) in [6, 6.07) is 2.31. The molecule has 0 aliphatic carbocycles. The summed E-state index contributed by atoms with van der Waals surface area (Å²) >= 11 is 3.70. The third-order valence-corrected chi connectivity index (χ3v) is 6.43. The van der Waals surface area contributed by atoms with Crippen LogP contribution in [0.15, 0.2) is 10.5 Å². The standard InChI is InChI=1S/C20H22BrN/c1-9-8-16-17(11(3)10(9)2)12(4)13(5)18-14(6)19(21)15(7)22-20(16)18/h8H,1-7H3. The molecule has 3 rings (SSSR count). The maximum atomic E-state index is 4.93. The van der Waals surface area contributed by atoms with Crippen LogP contribution in [0.5, 0.6) is 0 Å². The second kappa shape index (κ2) is 5.06. The minimum Gasteiger partial charge on any atom is -0.251 e. The molecule has 0 bridgehead atoms. The molecule has 0 fully saturated rings. The molecule has 0 amide bonds. The van der Waals surface area contributed by atoms with Crippen LogP contribution in [-0.4, -0.2) is 4.98 Å². The Labute approximate surface area is 140 Å². The topological polar surface area (TPSA) is 12.9 Å². The van der Waals surface area contributed by atoms with E-state index in [1.165, 1.54) is 49.5 Å². The van der Waals surface area contributed by atoms with E-state index in [1.807, 2.05) is 0 Å². The van der Waals surface area contributed by atoms with Crippen molar-refractivity contribution in [3.8, 4) is 0 Å². The van der Waals surface area contributed by atoms with Crippen molar-refractivity contribution in [3.05, 3.63) is 49.6 Å². The van der Waals surface area contributed by atoms with Gasteiger partial charge in [0.05, 0.1) is 11.2 Å². The lowest BCUT2D eigenvalue weighted by atomic mass is 9.88. The average molecular weight is 356 g/mol. The van der Waals surface area contributed by atoms with Crippen molar-refractivity contribution in [3.63, 3.8) is 0 Å². The van der Waals surface area contributed by atoms with Crippen LogP contribution in [-0.2, 0) is 0 Å². The first kappa shape index (κ1) is 15.5. The highest BCUT2D eigenvalue weighted by Gasteiger charge is 2.17.